The lowest BCUT2D eigenvalue weighted by molar-refractivity contribution is -0.139. The lowest BCUT2D eigenvalue weighted by Gasteiger charge is -2.01. The normalized spacial score (nSPS) is 10.6. The minimum atomic E-state index is -0.344. The molecule has 1 rings (SSSR count). The van der Waals surface area contributed by atoms with E-state index in [0.29, 0.717) is 19.8 Å². The quantitative estimate of drug-likeness (QED) is 0.419. The van der Waals surface area contributed by atoms with Crippen LogP contribution in [0.15, 0.2) is 36.4 Å². The third kappa shape index (κ3) is 5.32. The van der Waals surface area contributed by atoms with E-state index in [2.05, 4.69) is 0 Å². The molecule has 0 aliphatic heterocycles. The van der Waals surface area contributed by atoms with Gasteiger partial charge in [-0.15, -0.1) is 0 Å². The van der Waals surface area contributed by atoms with Gasteiger partial charge in [-0.25, -0.2) is 4.79 Å². The summed E-state index contributed by atoms with van der Waals surface area (Å²) in [5.74, 6) is -0.344. The molecule has 0 unspecified atom stereocenters. The number of carbonyl (C=O) groups is 1. The van der Waals surface area contributed by atoms with Gasteiger partial charge in [-0.2, -0.15) is 0 Å². The molecule has 0 spiro atoms. The van der Waals surface area contributed by atoms with E-state index >= 15 is 0 Å². The van der Waals surface area contributed by atoms with Crippen LogP contribution in [0.3, 0.4) is 0 Å². The summed E-state index contributed by atoms with van der Waals surface area (Å²) < 4.78 is 9.96. The summed E-state index contributed by atoms with van der Waals surface area (Å²) in [7, 11) is 0. The highest BCUT2D eigenvalue weighted by Crippen LogP contribution is 2.00. The fraction of sp³-hybridized carbons (Fsp3) is 0.308. The van der Waals surface area contributed by atoms with Crippen molar-refractivity contribution in [2.24, 2.45) is 0 Å². The summed E-state index contributed by atoms with van der Waals surface area (Å²) in [4.78, 5) is 11.2. The number of ether oxygens (including phenoxy) is 2. The second-order valence-corrected chi connectivity index (χ2v) is 3.11. The van der Waals surface area contributed by atoms with E-state index in [9.17, 15) is 4.79 Å². The summed E-state index contributed by atoms with van der Waals surface area (Å²) >= 11 is 0. The van der Waals surface area contributed by atoms with Crippen LogP contribution in [-0.4, -0.2) is 25.8 Å². The van der Waals surface area contributed by atoms with Crippen molar-refractivity contribution in [1.29, 1.82) is 0 Å². The zero-order chi connectivity index (χ0) is 11.6. The van der Waals surface area contributed by atoms with Gasteiger partial charge in [0.1, 0.15) is 6.61 Å². The number of rotatable bonds is 6. The Morgan fingerprint density at radius 1 is 1.25 bits per heavy atom. The first kappa shape index (κ1) is 12.5. The number of hydrogen-bond donors (Lipinski definition) is 0. The second kappa shape index (κ2) is 7.65. The van der Waals surface area contributed by atoms with Crippen LogP contribution in [0.4, 0.5) is 0 Å². The van der Waals surface area contributed by atoms with Crippen molar-refractivity contribution >= 4 is 12.0 Å². The van der Waals surface area contributed by atoms with E-state index in [4.69, 9.17) is 9.47 Å². The number of benzene rings is 1. The first-order valence-corrected chi connectivity index (χ1v) is 5.30. The maximum atomic E-state index is 11.2. The fourth-order valence-electron chi connectivity index (χ4n) is 1.12. The van der Waals surface area contributed by atoms with Crippen LogP contribution in [0.1, 0.15) is 12.5 Å². The molecule has 16 heavy (non-hydrogen) atoms. The minimum Gasteiger partial charge on any atom is -0.460 e. The number of hydrogen-bond acceptors (Lipinski definition) is 3. The van der Waals surface area contributed by atoms with Crippen LogP contribution >= 0.6 is 0 Å². The third-order valence-corrected chi connectivity index (χ3v) is 1.89. The van der Waals surface area contributed by atoms with Crippen LogP contribution in [-0.2, 0) is 14.3 Å². The third-order valence-electron chi connectivity index (χ3n) is 1.89. The SMILES string of the molecule is CCOCCOC(=O)C=Cc1ccccc1. The van der Waals surface area contributed by atoms with E-state index in [0.717, 1.165) is 5.56 Å². The Morgan fingerprint density at radius 3 is 2.69 bits per heavy atom. The second-order valence-electron chi connectivity index (χ2n) is 3.11. The molecule has 0 atom stereocenters. The zero-order valence-electron chi connectivity index (χ0n) is 9.39. The van der Waals surface area contributed by atoms with Gasteiger partial charge in [0.15, 0.2) is 0 Å². The number of carbonyl (C=O) groups excluding carboxylic acids is 1. The van der Waals surface area contributed by atoms with E-state index in [1.165, 1.54) is 6.08 Å². The Labute approximate surface area is 95.7 Å². The molecule has 0 N–H and O–H groups in total. The highest BCUT2D eigenvalue weighted by Gasteiger charge is 1.95. The van der Waals surface area contributed by atoms with Crippen LogP contribution in [0.2, 0.25) is 0 Å². The first-order valence-electron chi connectivity index (χ1n) is 5.30. The molecule has 0 fully saturated rings. The summed E-state index contributed by atoms with van der Waals surface area (Å²) in [5, 5.41) is 0. The average Bonchev–Trinajstić information content (AvgIpc) is 2.33. The van der Waals surface area contributed by atoms with Gasteiger partial charge in [0.2, 0.25) is 0 Å². The lowest BCUT2D eigenvalue weighted by atomic mass is 10.2. The topological polar surface area (TPSA) is 35.5 Å². The predicted octanol–water partition coefficient (Wildman–Crippen LogP) is 2.28. The highest BCUT2D eigenvalue weighted by atomic mass is 16.6. The molecule has 0 radical (unpaired) electrons. The molecule has 86 valence electrons. The van der Waals surface area contributed by atoms with Crippen molar-refractivity contribution in [2.75, 3.05) is 19.8 Å². The Kier molecular flexibility index (Phi) is 5.96. The highest BCUT2D eigenvalue weighted by molar-refractivity contribution is 5.86. The van der Waals surface area contributed by atoms with Crippen LogP contribution in [0.5, 0.6) is 0 Å². The molecule has 1 aromatic rings. The molecule has 0 saturated carbocycles. The molecular weight excluding hydrogens is 204 g/mol. The standard InChI is InChI=1S/C13H16O3/c1-2-15-10-11-16-13(14)9-8-12-6-4-3-5-7-12/h3-9H,2,10-11H2,1H3. The average molecular weight is 220 g/mol. The van der Waals surface area contributed by atoms with Crippen LogP contribution in [0.25, 0.3) is 6.08 Å². The Bertz CT molecular complexity index is 330. The van der Waals surface area contributed by atoms with Gasteiger partial charge in [-0.05, 0) is 18.6 Å². The fourth-order valence-corrected chi connectivity index (χ4v) is 1.12. The van der Waals surface area contributed by atoms with Crippen molar-refractivity contribution < 1.29 is 14.3 Å². The van der Waals surface area contributed by atoms with Crippen molar-refractivity contribution in [3.05, 3.63) is 42.0 Å². The first-order chi connectivity index (χ1) is 7.83. The summed E-state index contributed by atoms with van der Waals surface area (Å²) in [6.45, 7) is 3.28. The molecule has 0 saturated heterocycles. The smallest absolute Gasteiger partial charge is 0.330 e. The maximum absolute atomic E-state index is 11.2. The van der Waals surface area contributed by atoms with Gasteiger partial charge in [0.05, 0.1) is 6.61 Å². The molecular formula is C13H16O3. The van der Waals surface area contributed by atoms with Crippen LogP contribution in [0, 0.1) is 0 Å². The molecule has 0 aliphatic rings. The maximum Gasteiger partial charge on any atom is 0.330 e. The molecule has 3 heteroatoms. The number of esters is 1. The van der Waals surface area contributed by atoms with Gasteiger partial charge in [-0.3, -0.25) is 0 Å². The molecule has 0 amide bonds. The summed E-state index contributed by atoms with van der Waals surface area (Å²) in [6.07, 6.45) is 3.14. The molecule has 1 aromatic carbocycles. The van der Waals surface area contributed by atoms with Gasteiger partial charge in [0, 0.05) is 12.7 Å². The van der Waals surface area contributed by atoms with E-state index in [1.54, 1.807) is 6.08 Å². The largest absolute Gasteiger partial charge is 0.460 e. The lowest BCUT2D eigenvalue weighted by Crippen LogP contribution is -2.08. The zero-order valence-corrected chi connectivity index (χ0v) is 9.39. The summed E-state index contributed by atoms with van der Waals surface area (Å²) in [5.41, 5.74) is 0.976. The summed E-state index contributed by atoms with van der Waals surface area (Å²) in [6, 6.07) is 9.60. The van der Waals surface area contributed by atoms with E-state index in [-0.39, 0.29) is 5.97 Å². The monoisotopic (exact) mass is 220 g/mol. The van der Waals surface area contributed by atoms with E-state index < -0.39 is 0 Å². The minimum absolute atomic E-state index is 0.297. The van der Waals surface area contributed by atoms with Gasteiger partial charge < -0.3 is 9.47 Å². The Morgan fingerprint density at radius 2 is 2.00 bits per heavy atom. The van der Waals surface area contributed by atoms with Crippen molar-refractivity contribution in [3.8, 4) is 0 Å². The van der Waals surface area contributed by atoms with Crippen molar-refractivity contribution in [1.82, 2.24) is 0 Å². The molecule has 3 nitrogen and oxygen atoms in total. The van der Waals surface area contributed by atoms with Gasteiger partial charge >= 0.3 is 5.97 Å². The van der Waals surface area contributed by atoms with Crippen molar-refractivity contribution in [2.45, 2.75) is 6.92 Å². The Hall–Kier alpha value is -1.61. The van der Waals surface area contributed by atoms with Crippen molar-refractivity contribution in [3.63, 3.8) is 0 Å². The molecule has 0 heterocycles. The van der Waals surface area contributed by atoms with Gasteiger partial charge in [0.25, 0.3) is 0 Å². The molecule has 0 aromatic heterocycles. The van der Waals surface area contributed by atoms with E-state index in [1.807, 2.05) is 37.3 Å². The predicted molar refractivity (Wildman–Crippen MR) is 62.9 cm³/mol. The molecule has 0 bridgehead atoms. The van der Waals surface area contributed by atoms with Gasteiger partial charge in [-0.1, -0.05) is 30.3 Å². The Balaban J connectivity index is 2.26. The molecule has 0 aliphatic carbocycles. The van der Waals surface area contributed by atoms with Crippen LogP contribution < -0.4 is 0 Å².